The monoisotopic (exact) mass is 593 g/mol. The first-order valence-corrected chi connectivity index (χ1v) is 14.8. The fraction of sp³-hybridized carbons (Fsp3) is 0.516. The van der Waals surface area contributed by atoms with Crippen LogP contribution < -0.4 is 19.9 Å². The molecule has 2 heterocycles. The third-order valence-corrected chi connectivity index (χ3v) is 7.29. The van der Waals surface area contributed by atoms with Crippen LogP contribution in [-0.2, 0) is 11.2 Å². The van der Waals surface area contributed by atoms with Gasteiger partial charge in [0.2, 0.25) is 5.95 Å². The fourth-order valence-electron chi connectivity index (χ4n) is 4.71. The number of aliphatic carboxylic acids is 1. The van der Waals surface area contributed by atoms with E-state index in [0.717, 1.165) is 25.7 Å². The summed E-state index contributed by atoms with van der Waals surface area (Å²) in [7, 11) is 1.69. The minimum Gasteiger partial charge on any atom is -0.480 e. The molecule has 1 atom stereocenters. The van der Waals surface area contributed by atoms with Crippen LogP contribution in [0, 0.1) is 12.3 Å². The van der Waals surface area contributed by atoms with Crippen LogP contribution in [-0.4, -0.2) is 95.3 Å². The summed E-state index contributed by atoms with van der Waals surface area (Å²) in [6, 6.07) is 5.35. The topological polar surface area (TPSA) is 131 Å². The molecule has 2 aromatic rings. The number of likely N-dealkylation sites (tertiary alicyclic amines) is 1. The molecule has 1 fully saturated rings. The minimum atomic E-state index is -1.10. The lowest BCUT2D eigenvalue weighted by Gasteiger charge is -2.29. The third kappa shape index (κ3) is 8.98. The van der Waals surface area contributed by atoms with Gasteiger partial charge >= 0.3 is 18.1 Å². The van der Waals surface area contributed by atoms with Crippen LogP contribution in [0.15, 0.2) is 30.5 Å². The maximum atomic E-state index is 13.4. The molecule has 0 spiro atoms. The number of anilines is 3. The van der Waals surface area contributed by atoms with Crippen molar-refractivity contribution in [1.29, 1.82) is 0 Å². The molecule has 43 heavy (non-hydrogen) atoms. The second-order valence-electron chi connectivity index (χ2n) is 10.4. The summed E-state index contributed by atoms with van der Waals surface area (Å²) in [5.74, 6) is 2.41. The lowest BCUT2D eigenvalue weighted by atomic mass is 10.1. The molecule has 3 amide bonds. The number of rotatable bonds is 14. The van der Waals surface area contributed by atoms with E-state index in [1.807, 2.05) is 25.7 Å². The number of unbranched alkanes of at least 4 members (excludes halogenated alkanes) is 1. The summed E-state index contributed by atoms with van der Waals surface area (Å²) in [5, 5.41) is 13.2. The molecule has 1 aromatic carbocycles. The van der Waals surface area contributed by atoms with Crippen LogP contribution in [0.2, 0.25) is 0 Å². The van der Waals surface area contributed by atoms with Gasteiger partial charge in [-0.1, -0.05) is 31.4 Å². The van der Waals surface area contributed by atoms with E-state index in [1.54, 1.807) is 36.2 Å². The number of carbonyl (C=O) groups excluding carboxylic acids is 2. The van der Waals surface area contributed by atoms with Gasteiger partial charge in [0, 0.05) is 46.2 Å². The van der Waals surface area contributed by atoms with E-state index < -0.39 is 18.1 Å². The summed E-state index contributed by atoms with van der Waals surface area (Å²) in [5.41, 5.74) is 1.01. The Labute approximate surface area is 254 Å². The molecule has 1 aliphatic heterocycles. The number of nitrogens with one attached hydrogen (secondary N) is 1. The van der Waals surface area contributed by atoms with E-state index in [2.05, 4.69) is 21.2 Å². The number of ether oxygens (including phenoxy) is 1. The lowest BCUT2D eigenvalue weighted by molar-refractivity contribution is -0.137. The molecule has 12 heteroatoms. The second kappa shape index (κ2) is 16.2. The number of aromatic nitrogens is 2. The van der Waals surface area contributed by atoms with Gasteiger partial charge in [0.25, 0.3) is 0 Å². The van der Waals surface area contributed by atoms with Crippen molar-refractivity contribution in [1.82, 2.24) is 19.8 Å². The van der Waals surface area contributed by atoms with Crippen LogP contribution in [0.25, 0.3) is 0 Å². The van der Waals surface area contributed by atoms with E-state index >= 15 is 0 Å². The van der Waals surface area contributed by atoms with Gasteiger partial charge in [-0.25, -0.2) is 19.4 Å². The molecule has 0 saturated carbocycles. The quantitative estimate of drug-likeness (QED) is 0.308. The van der Waals surface area contributed by atoms with Crippen molar-refractivity contribution in [3.05, 3.63) is 36.0 Å². The van der Waals surface area contributed by atoms with Gasteiger partial charge in [-0.2, -0.15) is 4.98 Å². The standard InChI is InChI=1S/C31H43N7O5/c1-6-10-18-35(5)31(42)43-24-15-13-23(14-16-24)21-25(28(39)40)33-27-26(22-32-29(34-27)36(8-3)9-4)38(17-7-2)30(41)37-19-11-12-20-37/h2,13-16,22,25H,6,8-12,17-21H2,1,3-5H3,(H,39,40)(H,32,33,34). The number of terminal acetylenes is 1. The summed E-state index contributed by atoms with van der Waals surface area (Å²) >= 11 is 0. The zero-order chi connectivity index (χ0) is 31.4. The van der Waals surface area contributed by atoms with E-state index in [-0.39, 0.29) is 24.8 Å². The van der Waals surface area contributed by atoms with Gasteiger partial charge in [-0.05, 0) is 50.8 Å². The Balaban J connectivity index is 1.87. The van der Waals surface area contributed by atoms with Crippen molar-refractivity contribution in [3.63, 3.8) is 0 Å². The number of hydrogen-bond donors (Lipinski definition) is 2. The lowest BCUT2D eigenvalue weighted by Crippen LogP contribution is -2.43. The maximum absolute atomic E-state index is 13.4. The van der Waals surface area contributed by atoms with Gasteiger partial charge in [0.15, 0.2) is 5.82 Å². The van der Waals surface area contributed by atoms with E-state index in [9.17, 15) is 19.5 Å². The van der Waals surface area contributed by atoms with Gasteiger partial charge < -0.3 is 29.9 Å². The molecule has 12 nitrogen and oxygen atoms in total. The molecule has 0 bridgehead atoms. The van der Waals surface area contributed by atoms with Gasteiger partial charge in [-0.3, -0.25) is 4.90 Å². The molecule has 0 aliphatic carbocycles. The molecular weight excluding hydrogens is 550 g/mol. The SMILES string of the molecule is C#CCN(C(=O)N1CCCC1)c1cnc(N(CC)CC)nc1NC(Cc1ccc(OC(=O)N(C)CCCC)cc1)C(=O)O. The van der Waals surface area contributed by atoms with Crippen molar-refractivity contribution in [2.24, 2.45) is 0 Å². The Bertz CT molecular complexity index is 1270. The largest absolute Gasteiger partial charge is 0.480 e. The number of urea groups is 1. The molecule has 3 rings (SSSR count). The van der Waals surface area contributed by atoms with Crippen LogP contribution in [0.4, 0.5) is 27.0 Å². The Kier molecular flexibility index (Phi) is 12.4. The molecule has 1 aromatic heterocycles. The highest BCUT2D eigenvalue weighted by Gasteiger charge is 2.29. The Morgan fingerprint density at radius 3 is 2.40 bits per heavy atom. The first-order valence-electron chi connectivity index (χ1n) is 14.8. The van der Waals surface area contributed by atoms with Crippen LogP contribution >= 0.6 is 0 Å². The summed E-state index contributed by atoms with van der Waals surface area (Å²) in [4.78, 5) is 54.0. The molecule has 2 N–H and O–H groups in total. The van der Waals surface area contributed by atoms with Crippen molar-refractivity contribution in [2.75, 3.05) is 61.4 Å². The van der Waals surface area contributed by atoms with Crippen LogP contribution in [0.1, 0.15) is 52.0 Å². The molecule has 1 saturated heterocycles. The van der Waals surface area contributed by atoms with Gasteiger partial charge in [-0.15, -0.1) is 6.42 Å². The summed E-state index contributed by atoms with van der Waals surface area (Å²) in [6.07, 6.45) is 10.5. The third-order valence-electron chi connectivity index (χ3n) is 7.29. The summed E-state index contributed by atoms with van der Waals surface area (Å²) in [6.45, 7) is 9.10. The molecule has 1 aliphatic rings. The average Bonchev–Trinajstić information content (AvgIpc) is 3.55. The normalized spacial score (nSPS) is 13.1. The van der Waals surface area contributed by atoms with E-state index in [4.69, 9.17) is 11.2 Å². The Hall–Kier alpha value is -4.53. The molecular formula is C31H43N7O5. The second-order valence-corrected chi connectivity index (χ2v) is 10.4. The number of amides is 3. The minimum absolute atomic E-state index is 0.0243. The predicted octanol–water partition coefficient (Wildman–Crippen LogP) is 4.32. The first-order chi connectivity index (χ1) is 20.7. The number of carbonyl (C=O) groups is 3. The number of carboxylic acid groups (broad SMARTS) is 1. The predicted molar refractivity (Wildman–Crippen MR) is 167 cm³/mol. The average molecular weight is 594 g/mol. The highest BCUT2D eigenvalue weighted by atomic mass is 16.6. The Morgan fingerprint density at radius 2 is 1.81 bits per heavy atom. The zero-order valence-corrected chi connectivity index (χ0v) is 25.6. The molecule has 232 valence electrons. The highest BCUT2D eigenvalue weighted by molar-refractivity contribution is 5.96. The zero-order valence-electron chi connectivity index (χ0n) is 25.6. The molecule has 1 unspecified atom stereocenters. The fourth-order valence-corrected chi connectivity index (χ4v) is 4.71. The smallest absolute Gasteiger partial charge is 0.414 e. The number of hydrogen-bond acceptors (Lipinski definition) is 8. The van der Waals surface area contributed by atoms with Crippen molar-refractivity contribution in [2.45, 2.75) is 58.9 Å². The number of nitrogens with zero attached hydrogens (tertiary/aromatic N) is 6. The van der Waals surface area contributed by atoms with E-state index in [0.29, 0.717) is 55.7 Å². The van der Waals surface area contributed by atoms with Gasteiger partial charge in [0.05, 0.1) is 12.7 Å². The highest BCUT2D eigenvalue weighted by Crippen LogP contribution is 2.29. The van der Waals surface area contributed by atoms with Crippen LogP contribution in [0.3, 0.4) is 0 Å². The van der Waals surface area contributed by atoms with Crippen molar-refractivity contribution in [3.8, 4) is 18.1 Å². The first kappa shape index (κ1) is 33.0. The summed E-state index contributed by atoms with van der Waals surface area (Å²) < 4.78 is 5.44. The molecule has 0 radical (unpaired) electrons. The van der Waals surface area contributed by atoms with Gasteiger partial charge in [0.1, 0.15) is 17.5 Å². The Morgan fingerprint density at radius 1 is 1.14 bits per heavy atom. The maximum Gasteiger partial charge on any atom is 0.414 e. The van der Waals surface area contributed by atoms with Crippen molar-refractivity contribution >= 4 is 35.5 Å². The van der Waals surface area contributed by atoms with E-state index in [1.165, 1.54) is 16.0 Å². The number of carboxylic acids is 1. The number of benzene rings is 1. The van der Waals surface area contributed by atoms with Crippen molar-refractivity contribution < 1.29 is 24.2 Å². The van der Waals surface area contributed by atoms with Crippen LogP contribution in [0.5, 0.6) is 5.75 Å².